The number of benzene rings is 1. The molecule has 0 bridgehead atoms. The number of anilines is 1. The number of amides is 2. The summed E-state index contributed by atoms with van der Waals surface area (Å²) in [5, 5.41) is 3.30. The van der Waals surface area contributed by atoms with E-state index in [0.717, 1.165) is 38.3 Å². The van der Waals surface area contributed by atoms with Gasteiger partial charge in [-0.05, 0) is 32.0 Å². The summed E-state index contributed by atoms with van der Waals surface area (Å²) in [6.45, 7) is 6.16. The van der Waals surface area contributed by atoms with E-state index in [1.54, 1.807) is 4.90 Å². The Morgan fingerprint density at radius 1 is 1.29 bits per heavy atom. The Bertz CT molecular complexity index is 597. The zero-order valence-electron chi connectivity index (χ0n) is 14.2. The van der Waals surface area contributed by atoms with E-state index in [4.69, 9.17) is 4.74 Å². The van der Waals surface area contributed by atoms with Gasteiger partial charge in [0.15, 0.2) is 0 Å². The van der Waals surface area contributed by atoms with Crippen LogP contribution in [0.1, 0.15) is 19.8 Å². The van der Waals surface area contributed by atoms with Gasteiger partial charge in [-0.15, -0.1) is 0 Å². The third kappa shape index (κ3) is 3.53. The zero-order chi connectivity index (χ0) is 16.9. The van der Waals surface area contributed by atoms with Crippen molar-refractivity contribution in [3.8, 4) is 5.75 Å². The van der Waals surface area contributed by atoms with Crippen LogP contribution in [0.2, 0.25) is 0 Å². The molecule has 1 unspecified atom stereocenters. The minimum Gasteiger partial charge on any atom is -0.492 e. The van der Waals surface area contributed by atoms with Crippen LogP contribution >= 0.6 is 0 Å². The molecule has 0 saturated carbocycles. The Hall–Kier alpha value is -2.08. The van der Waals surface area contributed by atoms with Crippen LogP contribution in [0.5, 0.6) is 5.75 Å². The molecule has 2 amide bonds. The molecule has 2 heterocycles. The van der Waals surface area contributed by atoms with E-state index in [0.29, 0.717) is 18.9 Å². The van der Waals surface area contributed by atoms with E-state index >= 15 is 0 Å². The highest BCUT2D eigenvalue weighted by molar-refractivity contribution is 6.01. The fraction of sp³-hybridized carbons (Fsp3) is 0.556. The number of para-hydroxylation sites is 2. The number of nitrogens with zero attached hydrogens (tertiary/aromatic N) is 2. The summed E-state index contributed by atoms with van der Waals surface area (Å²) in [7, 11) is 0. The topological polar surface area (TPSA) is 61.9 Å². The lowest BCUT2D eigenvalue weighted by molar-refractivity contribution is -0.135. The molecule has 2 aliphatic rings. The molecule has 6 nitrogen and oxygen atoms in total. The normalized spacial score (nSPS) is 21.7. The quantitative estimate of drug-likeness (QED) is 0.902. The summed E-state index contributed by atoms with van der Waals surface area (Å²) in [6, 6.07) is 7.52. The Kier molecular flexibility index (Phi) is 5.35. The van der Waals surface area contributed by atoms with Crippen molar-refractivity contribution in [3.05, 3.63) is 24.3 Å². The Labute approximate surface area is 142 Å². The van der Waals surface area contributed by atoms with Crippen molar-refractivity contribution in [2.75, 3.05) is 44.2 Å². The van der Waals surface area contributed by atoms with Crippen molar-refractivity contribution >= 4 is 17.5 Å². The largest absolute Gasteiger partial charge is 0.492 e. The van der Waals surface area contributed by atoms with Crippen LogP contribution in [0.3, 0.4) is 0 Å². The first-order valence-corrected chi connectivity index (χ1v) is 8.72. The smallest absolute Gasteiger partial charge is 0.228 e. The van der Waals surface area contributed by atoms with E-state index in [-0.39, 0.29) is 24.2 Å². The summed E-state index contributed by atoms with van der Waals surface area (Å²) in [4.78, 5) is 28.9. The summed E-state index contributed by atoms with van der Waals surface area (Å²) in [6.07, 6.45) is 1.24. The average molecular weight is 331 g/mol. The first kappa shape index (κ1) is 16.8. The first-order chi connectivity index (χ1) is 11.7. The molecule has 0 spiro atoms. The van der Waals surface area contributed by atoms with E-state index in [1.165, 1.54) is 0 Å². The van der Waals surface area contributed by atoms with Crippen LogP contribution < -0.4 is 15.0 Å². The van der Waals surface area contributed by atoms with Crippen molar-refractivity contribution in [2.45, 2.75) is 19.8 Å². The van der Waals surface area contributed by atoms with E-state index in [2.05, 4.69) is 5.32 Å². The van der Waals surface area contributed by atoms with Gasteiger partial charge in [0, 0.05) is 32.6 Å². The number of ether oxygens (including phenoxy) is 1. The van der Waals surface area contributed by atoms with Gasteiger partial charge in [-0.1, -0.05) is 12.1 Å². The highest BCUT2D eigenvalue weighted by Gasteiger charge is 2.38. The maximum atomic E-state index is 12.8. The summed E-state index contributed by atoms with van der Waals surface area (Å²) in [5.41, 5.74) is 0.761. The van der Waals surface area contributed by atoms with Crippen LogP contribution in [0, 0.1) is 5.92 Å². The number of rotatable bonds is 4. The molecule has 0 radical (unpaired) electrons. The van der Waals surface area contributed by atoms with Gasteiger partial charge in [0.2, 0.25) is 11.8 Å². The third-order valence-electron chi connectivity index (χ3n) is 4.58. The number of nitrogens with one attached hydrogen (secondary N) is 1. The Morgan fingerprint density at radius 2 is 2.12 bits per heavy atom. The van der Waals surface area contributed by atoms with Crippen LogP contribution in [0.15, 0.2) is 24.3 Å². The van der Waals surface area contributed by atoms with Gasteiger partial charge in [0.05, 0.1) is 18.2 Å². The SMILES string of the molecule is CCOc1ccccc1N1CC(C(=O)N2CCCNCC2)CC1=O. The van der Waals surface area contributed by atoms with Crippen molar-refractivity contribution < 1.29 is 14.3 Å². The number of hydrogen-bond acceptors (Lipinski definition) is 4. The van der Waals surface area contributed by atoms with Crippen LogP contribution in [-0.4, -0.2) is 56.0 Å². The summed E-state index contributed by atoms with van der Waals surface area (Å²) >= 11 is 0. The Morgan fingerprint density at radius 3 is 2.96 bits per heavy atom. The highest BCUT2D eigenvalue weighted by Crippen LogP contribution is 2.33. The standard InChI is InChI=1S/C18H25N3O3/c1-2-24-16-7-4-3-6-15(16)21-13-14(12-17(21)22)18(23)20-10-5-8-19-9-11-20/h3-4,6-7,14,19H,2,5,8-13H2,1H3. The molecule has 24 heavy (non-hydrogen) atoms. The van der Waals surface area contributed by atoms with Gasteiger partial charge >= 0.3 is 0 Å². The molecule has 1 N–H and O–H groups in total. The minimum atomic E-state index is -0.259. The molecular formula is C18H25N3O3. The average Bonchev–Trinajstić information content (AvgIpc) is 2.81. The van der Waals surface area contributed by atoms with E-state index in [1.807, 2.05) is 36.1 Å². The molecule has 1 atom stereocenters. The molecule has 2 saturated heterocycles. The van der Waals surface area contributed by atoms with Crippen LogP contribution in [-0.2, 0) is 9.59 Å². The second-order valence-electron chi connectivity index (χ2n) is 6.23. The predicted octanol–water partition coefficient (Wildman–Crippen LogP) is 1.26. The highest BCUT2D eigenvalue weighted by atomic mass is 16.5. The molecule has 130 valence electrons. The van der Waals surface area contributed by atoms with Gasteiger partial charge in [0.25, 0.3) is 0 Å². The third-order valence-corrected chi connectivity index (χ3v) is 4.58. The summed E-state index contributed by atoms with van der Waals surface area (Å²) < 4.78 is 5.63. The minimum absolute atomic E-state index is 0.00606. The fourth-order valence-corrected chi connectivity index (χ4v) is 3.39. The van der Waals surface area contributed by atoms with Gasteiger partial charge in [-0.25, -0.2) is 0 Å². The fourth-order valence-electron chi connectivity index (χ4n) is 3.39. The van der Waals surface area contributed by atoms with Crippen LogP contribution in [0.4, 0.5) is 5.69 Å². The maximum Gasteiger partial charge on any atom is 0.228 e. The van der Waals surface area contributed by atoms with Crippen molar-refractivity contribution in [2.24, 2.45) is 5.92 Å². The molecule has 6 heteroatoms. The lowest BCUT2D eigenvalue weighted by atomic mass is 10.1. The molecule has 0 aliphatic carbocycles. The molecule has 1 aromatic rings. The molecule has 1 aromatic carbocycles. The number of carbonyl (C=O) groups excluding carboxylic acids is 2. The lowest BCUT2D eigenvalue weighted by Gasteiger charge is -2.24. The second-order valence-corrected chi connectivity index (χ2v) is 6.23. The van der Waals surface area contributed by atoms with Crippen molar-refractivity contribution in [1.82, 2.24) is 10.2 Å². The first-order valence-electron chi connectivity index (χ1n) is 8.72. The van der Waals surface area contributed by atoms with Gasteiger partial charge in [0.1, 0.15) is 5.75 Å². The van der Waals surface area contributed by atoms with Gasteiger partial charge in [-0.2, -0.15) is 0 Å². The molecule has 3 rings (SSSR count). The molecule has 2 aliphatic heterocycles. The maximum absolute atomic E-state index is 12.8. The van der Waals surface area contributed by atoms with Gasteiger partial charge in [-0.3, -0.25) is 9.59 Å². The number of carbonyl (C=O) groups is 2. The predicted molar refractivity (Wildman–Crippen MR) is 92.1 cm³/mol. The van der Waals surface area contributed by atoms with E-state index in [9.17, 15) is 9.59 Å². The van der Waals surface area contributed by atoms with Gasteiger partial charge < -0.3 is 19.9 Å². The second kappa shape index (κ2) is 7.66. The van der Waals surface area contributed by atoms with Crippen molar-refractivity contribution in [3.63, 3.8) is 0 Å². The number of hydrogen-bond donors (Lipinski definition) is 1. The van der Waals surface area contributed by atoms with E-state index < -0.39 is 0 Å². The summed E-state index contributed by atoms with van der Waals surface area (Å²) in [5.74, 6) is 0.530. The monoisotopic (exact) mass is 331 g/mol. The molecule has 0 aromatic heterocycles. The molecule has 2 fully saturated rings. The van der Waals surface area contributed by atoms with Crippen molar-refractivity contribution in [1.29, 1.82) is 0 Å². The zero-order valence-corrected chi connectivity index (χ0v) is 14.2. The lowest BCUT2D eigenvalue weighted by Crippen LogP contribution is -2.39. The molecular weight excluding hydrogens is 306 g/mol. The van der Waals surface area contributed by atoms with Crippen LogP contribution in [0.25, 0.3) is 0 Å². The Balaban J connectivity index is 1.72.